The van der Waals surface area contributed by atoms with E-state index in [4.69, 9.17) is 5.11 Å². The zero-order chi connectivity index (χ0) is 13.3. The van der Waals surface area contributed by atoms with E-state index in [0.29, 0.717) is 32.4 Å². The van der Waals surface area contributed by atoms with E-state index in [-0.39, 0.29) is 30.2 Å². The van der Waals surface area contributed by atoms with Crippen molar-refractivity contribution < 1.29 is 19.5 Å². The summed E-state index contributed by atoms with van der Waals surface area (Å²) in [6.07, 6.45) is 0.858. The summed E-state index contributed by atoms with van der Waals surface area (Å²) in [5.41, 5.74) is 0. The number of ketones is 1. The molecule has 100 valence electrons. The molecule has 0 aromatic carbocycles. The van der Waals surface area contributed by atoms with E-state index in [1.807, 2.05) is 6.92 Å². The number of likely N-dealkylation sites (tertiary alicyclic amines) is 2. The summed E-state index contributed by atoms with van der Waals surface area (Å²) in [5, 5.41) is 8.99. The van der Waals surface area contributed by atoms with Crippen molar-refractivity contribution in [1.82, 2.24) is 9.80 Å². The van der Waals surface area contributed by atoms with Gasteiger partial charge < -0.3 is 14.9 Å². The molecule has 0 aliphatic carbocycles. The smallest absolute Gasteiger partial charge is 0.407 e. The first-order valence-corrected chi connectivity index (χ1v) is 6.29. The van der Waals surface area contributed by atoms with Crippen molar-refractivity contribution in [3.8, 4) is 0 Å². The predicted octanol–water partition coefficient (Wildman–Crippen LogP) is 0.709. The zero-order valence-electron chi connectivity index (χ0n) is 10.5. The number of carboxylic acid groups (broad SMARTS) is 1. The zero-order valence-corrected chi connectivity index (χ0v) is 10.5. The van der Waals surface area contributed by atoms with Gasteiger partial charge in [0.05, 0.1) is 6.42 Å². The van der Waals surface area contributed by atoms with Gasteiger partial charge in [-0.15, -0.1) is 0 Å². The number of carbonyl (C=O) groups is 3. The molecule has 2 rings (SSSR count). The van der Waals surface area contributed by atoms with Crippen molar-refractivity contribution in [1.29, 1.82) is 0 Å². The monoisotopic (exact) mass is 254 g/mol. The Bertz CT molecular complexity index is 382. The minimum atomic E-state index is -0.902. The van der Waals surface area contributed by atoms with Crippen LogP contribution in [0.1, 0.15) is 32.6 Å². The van der Waals surface area contributed by atoms with Gasteiger partial charge in [-0.1, -0.05) is 0 Å². The Morgan fingerprint density at radius 1 is 1.33 bits per heavy atom. The van der Waals surface area contributed by atoms with Crippen LogP contribution in [0.25, 0.3) is 0 Å². The Morgan fingerprint density at radius 2 is 2.06 bits per heavy atom. The normalized spacial score (nSPS) is 29.6. The maximum atomic E-state index is 11.8. The first-order valence-electron chi connectivity index (χ1n) is 6.29. The van der Waals surface area contributed by atoms with Crippen LogP contribution in [0, 0.1) is 0 Å². The highest BCUT2D eigenvalue weighted by molar-refractivity contribution is 6.00. The summed E-state index contributed by atoms with van der Waals surface area (Å²) < 4.78 is 0. The lowest BCUT2D eigenvalue weighted by Crippen LogP contribution is -2.53. The number of carbonyl (C=O) groups excluding carboxylic acids is 2. The molecule has 6 nitrogen and oxygen atoms in total. The van der Waals surface area contributed by atoms with Crippen molar-refractivity contribution in [2.45, 2.75) is 44.7 Å². The van der Waals surface area contributed by atoms with Crippen molar-refractivity contribution >= 4 is 17.8 Å². The summed E-state index contributed by atoms with van der Waals surface area (Å²) in [5.74, 6) is -0.0977. The average molecular weight is 254 g/mol. The van der Waals surface area contributed by atoms with Gasteiger partial charge in [-0.25, -0.2) is 4.79 Å². The fourth-order valence-electron chi connectivity index (χ4n) is 2.83. The highest BCUT2D eigenvalue weighted by Crippen LogP contribution is 2.24. The second-order valence-electron chi connectivity index (χ2n) is 5.06. The molecule has 0 aromatic heterocycles. The fraction of sp³-hybridized carbons (Fsp3) is 0.750. The largest absolute Gasteiger partial charge is 0.465 e. The number of amides is 2. The number of piperidine rings is 2. The van der Waals surface area contributed by atoms with Gasteiger partial charge in [0.1, 0.15) is 5.78 Å². The maximum Gasteiger partial charge on any atom is 0.407 e. The van der Waals surface area contributed by atoms with Crippen LogP contribution >= 0.6 is 0 Å². The number of hydrogen-bond acceptors (Lipinski definition) is 3. The number of hydrogen-bond donors (Lipinski definition) is 1. The number of Topliss-reactive ketones (excluding diaryl/α,β-unsaturated/α-hetero) is 1. The van der Waals surface area contributed by atoms with Gasteiger partial charge >= 0.3 is 6.09 Å². The van der Waals surface area contributed by atoms with Crippen LogP contribution in [0.2, 0.25) is 0 Å². The van der Waals surface area contributed by atoms with Crippen molar-refractivity contribution in [2.75, 3.05) is 13.1 Å². The molecule has 2 aliphatic heterocycles. The molecule has 0 radical (unpaired) electrons. The molecule has 1 unspecified atom stereocenters. The molecule has 2 amide bonds. The number of nitrogens with zero attached hydrogens (tertiary/aromatic N) is 2. The number of rotatable bonds is 1. The third kappa shape index (κ3) is 2.47. The highest BCUT2D eigenvalue weighted by atomic mass is 16.4. The van der Waals surface area contributed by atoms with Crippen LogP contribution in [0.4, 0.5) is 4.79 Å². The van der Waals surface area contributed by atoms with Crippen LogP contribution in [-0.2, 0) is 9.59 Å². The van der Waals surface area contributed by atoms with Gasteiger partial charge in [0.15, 0.2) is 0 Å². The van der Waals surface area contributed by atoms with Gasteiger partial charge in [-0.2, -0.15) is 0 Å². The molecule has 2 aliphatic rings. The molecular formula is C12H18N2O4. The van der Waals surface area contributed by atoms with Crippen LogP contribution in [0.5, 0.6) is 0 Å². The van der Waals surface area contributed by atoms with Gasteiger partial charge in [0.2, 0.25) is 5.91 Å². The van der Waals surface area contributed by atoms with Crippen molar-refractivity contribution in [3.05, 3.63) is 0 Å². The Kier molecular flexibility index (Phi) is 3.54. The molecule has 0 aromatic rings. The fourth-order valence-corrected chi connectivity index (χ4v) is 2.83. The van der Waals surface area contributed by atoms with Crippen molar-refractivity contribution in [3.63, 3.8) is 0 Å². The van der Waals surface area contributed by atoms with Crippen LogP contribution in [0.15, 0.2) is 0 Å². The molecule has 18 heavy (non-hydrogen) atoms. The topological polar surface area (TPSA) is 77.9 Å². The summed E-state index contributed by atoms with van der Waals surface area (Å²) >= 11 is 0. The van der Waals surface area contributed by atoms with Crippen LogP contribution in [0.3, 0.4) is 0 Å². The first-order chi connectivity index (χ1) is 8.49. The molecule has 1 N–H and O–H groups in total. The average Bonchev–Trinajstić information content (AvgIpc) is 2.28. The van der Waals surface area contributed by atoms with E-state index in [1.165, 1.54) is 4.90 Å². The summed E-state index contributed by atoms with van der Waals surface area (Å²) in [4.78, 5) is 37.1. The first kappa shape index (κ1) is 12.9. The van der Waals surface area contributed by atoms with E-state index in [2.05, 4.69) is 0 Å². The summed E-state index contributed by atoms with van der Waals surface area (Å²) in [7, 11) is 0. The van der Waals surface area contributed by atoms with E-state index < -0.39 is 6.09 Å². The second-order valence-corrected chi connectivity index (χ2v) is 5.06. The van der Waals surface area contributed by atoms with E-state index >= 15 is 0 Å². The molecular weight excluding hydrogens is 236 g/mol. The molecule has 0 saturated carbocycles. The Hall–Kier alpha value is -1.59. The molecule has 2 heterocycles. The van der Waals surface area contributed by atoms with Gasteiger partial charge in [0.25, 0.3) is 0 Å². The quantitative estimate of drug-likeness (QED) is 0.699. The predicted molar refractivity (Wildman–Crippen MR) is 63.2 cm³/mol. The van der Waals surface area contributed by atoms with Crippen molar-refractivity contribution in [2.24, 2.45) is 0 Å². The second kappa shape index (κ2) is 4.96. The molecule has 6 heteroatoms. The van der Waals surface area contributed by atoms with E-state index in [9.17, 15) is 14.4 Å². The third-order valence-corrected chi connectivity index (χ3v) is 3.84. The van der Waals surface area contributed by atoms with Crippen LogP contribution in [-0.4, -0.2) is 57.9 Å². The summed E-state index contributed by atoms with van der Waals surface area (Å²) in [6, 6.07) is 0.00266. The molecule has 0 spiro atoms. The summed E-state index contributed by atoms with van der Waals surface area (Å²) in [6.45, 7) is 2.81. The Morgan fingerprint density at radius 3 is 2.61 bits per heavy atom. The Balaban J connectivity index is 1.98. The van der Waals surface area contributed by atoms with Gasteiger partial charge in [-0.3, -0.25) is 9.59 Å². The molecule has 0 bridgehead atoms. The Labute approximate surface area is 106 Å². The molecule has 2 atom stereocenters. The standard InChI is InChI=1S/C12H18N2O4/c1-8-6-9(2-4-13(8)12(17)18)14-5-3-10(15)7-11(14)16/h8-9H,2-7H2,1H3,(H,17,18)/t8-,9?/m1/s1. The minimum Gasteiger partial charge on any atom is -0.465 e. The third-order valence-electron chi connectivity index (χ3n) is 3.84. The van der Waals surface area contributed by atoms with E-state index in [0.717, 1.165) is 0 Å². The minimum absolute atomic E-state index is 0.00673. The van der Waals surface area contributed by atoms with Crippen LogP contribution < -0.4 is 0 Å². The van der Waals surface area contributed by atoms with E-state index in [1.54, 1.807) is 4.90 Å². The SMILES string of the molecule is C[C@@H]1CC(N2CCC(=O)CC2=O)CCN1C(=O)O. The lowest BCUT2D eigenvalue weighted by Gasteiger charge is -2.42. The highest BCUT2D eigenvalue weighted by Gasteiger charge is 2.35. The molecule has 2 saturated heterocycles. The lowest BCUT2D eigenvalue weighted by molar-refractivity contribution is -0.142. The molecule has 2 fully saturated rings. The maximum absolute atomic E-state index is 11.8. The lowest BCUT2D eigenvalue weighted by atomic mass is 9.95. The van der Waals surface area contributed by atoms with Gasteiger partial charge in [0, 0.05) is 31.6 Å². The van der Waals surface area contributed by atoms with Gasteiger partial charge in [-0.05, 0) is 19.8 Å².